The molecule has 1 fully saturated rings. The summed E-state index contributed by atoms with van der Waals surface area (Å²) in [5, 5.41) is 15.9. The van der Waals surface area contributed by atoms with Crippen LogP contribution in [0, 0.1) is 17.1 Å². The van der Waals surface area contributed by atoms with E-state index in [0.29, 0.717) is 68.8 Å². The molecule has 0 spiro atoms. The van der Waals surface area contributed by atoms with Gasteiger partial charge in [-0.15, -0.1) is 0 Å². The van der Waals surface area contributed by atoms with Crippen molar-refractivity contribution in [1.29, 1.82) is 5.26 Å². The Morgan fingerprint density at radius 3 is 2.72 bits per heavy atom. The van der Waals surface area contributed by atoms with Gasteiger partial charge in [0.2, 0.25) is 14.8 Å². The van der Waals surface area contributed by atoms with Crippen molar-refractivity contribution in [1.82, 2.24) is 4.98 Å². The largest absolute Gasteiger partial charge is 0.492 e. The summed E-state index contributed by atoms with van der Waals surface area (Å²) in [6.45, 7) is 2.24. The summed E-state index contributed by atoms with van der Waals surface area (Å²) in [7, 11) is -2.50. The van der Waals surface area contributed by atoms with Crippen LogP contribution in [0.5, 0.6) is 11.5 Å². The molecule has 9 nitrogen and oxygen atoms in total. The molecular weight excluding hydrogens is 615 g/mol. The van der Waals surface area contributed by atoms with Gasteiger partial charge in [-0.1, -0.05) is 23.7 Å². The fourth-order valence-electron chi connectivity index (χ4n) is 4.59. The molecule has 0 aliphatic carbocycles. The Labute approximate surface area is 256 Å². The Morgan fingerprint density at radius 2 is 2.02 bits per heavy atom. The summed E-state index contributed by atoms with van der Waals surface area (Å²) >= 11 is 6.49. The maximum atomic E-state index is 13.5. The summed E-state index contributed by atoms with van der Waals surface area (Å²) in [6, 6.07) is 16.5. The van der Waals surface area contributed by atoms with E-state index >= 15 is 0 Å². The number of nitrogens with zero attached hydrogens (tertiary/aromatic N) is 2. The molecule has 4 aromatic rings. The Hall–Kier alpha value is -4.05. The SMILES string of the molecule is CCOc1cc2ncc(C#N)c(Nc3ccc(OCc4cccc(F)c4)c(Cl)c3)c2cc1NC(=O)CC1CCSS1(=O)=O. The lowest BCUT2D eigenvalue weighted by Gasteiger charge is -2.17. The predicted octanol–water partition coefficient (Wildman–Crippen LogP) is 6.78. The molecule has 0 bridgehead atoms. The molecule has 5 rings (SSSR count). The topological polar surface area (TPSA) is 130 Å². The zero-order valence-electron chi connectivity index (χ0n) is 22.9. The molecule has 222 valence electrons. The number of fused-ring (bicyclic) bond motifs is 1. The van der Waals surface area contributed by atoms with Crippen molar-refractivity contribution < 1.29 is 27.1 Å². The molecule has 1 aliphatic heterocycles. The van der Waals surface area contributed by atoms with Crippen LogP contribution in [0.4, 0.5) is 21.5 Å². The highest BCUT2D eigenvalue weighted by Crippen LogP contribution is 2.38. The van der Waals surface area contributed by atoms with E-state index < -0.39 is 20.0 Å². The third-order valence-electron chi connectivity index (χ3n) is 6.66. The summed E-state index contributed by atoms with van der Waals surface area (Å²) in [6.07, 6.45) is 1.67. The normalized spacial score (nSPS) is 15.5. The number of aromatic nitrogens is 1. The average molecular weight is 641 g/mol. The van der Waals surface area contributed by atoms with Crippen LogP contribution in [0.3, 0.4) is 0 Å². The van der Waals surface area contributed by atoms with Crippen LogP contribution in [0.25, 0.3) is 10.9 Å². The van der Waals surface area contributed by atoms with Gasteiger partial charge in [0.05, 0.1) is 39.3 Å². The van der Waals surface area contributed by atoms with Gasteiger partial charge in [0.25, 0.3) is 0 Å². The quantitative estimate of drug-likeness (QED) is 0.180. The van der Waals surface area contributed by atoms with E-state index in [0.717, 1.165) is 10.8 Å². The first-order valence-corrected chi connectivity index (χ1v) is 16.7. The maximum Gasteiger partial charge on any atom is 0.225 e. The second kappa shape index (κ2) is 13.1. The van der Waals surface area contributed by atoms with Crippen LogP contribution in [0.2, 0.25) is 5.02 Å². The van der Waals surface area contributed by atoms with Gasteiger partial charge < -0.3 is 20.1 Å². The monoisotopic (exact) mass is 640 g/mol. The van der Waals surface area contributed by atoms with Crippen molar-refractivity contribution in [2.24, 2.45) is 0 Å². The molecule has 1 aliphatic rings. The lowest BCUT2D eigenvalue weighted by molar-refractivity contribution is -0.116. The maximum absolute atomic E-state index is 13.5. The van der Waals surface area contributed by atoms with Gasteiger partial charge in [-0.25, -0.2) is 12.8 Å². The zero-order valence-corrected chi connectivity index (χ0v) is 25.3. The van der Waals surface area contributed by atoms with Crippen molar-refractivity contribution in [3.05, 3.63) is 82.8 Å². The fraction of sp³-hybridized carbons (Fsp3) is 0.233. The summed E-state index contributed by atoms with van der Waals surface area (Å²) in [5.41, 5.74) is 2.69. The van der Waals surface area contributed by atoms with Crippen LogP contribution in [0.15, 0.2) is 60.8 Å². The highest BCUT2D eigenvalue weighted by Gasteiger charge is 2.34. The minimum absolute atomic E-state index is 0.125. The van der Waals surface area contributed by atoms with Gasteiger partial charge in [-0.3, -0.25) is 9.78 Å². The van der Waals surface area contributed by atoms with Crippen LogP contribution in [0.1, 0.15) is 30.9 Å². The molecule has 1 atom stereocenters. The molecule has 1 saturated heterocycles. The van der Waals surface area contributed by atoms with Crippen molar-refractivity contribution in [2.45, 2.75) is 31.6 Å². The number of carbonyl (C=O) groups is 1. The minimum atomic E-state index is -3.37. The number of hydrogen-bond acceptors (Lipinski definition) is 9. The molecule has 43 heavy (non-hydrogen) atoms. The number of anilines is 3. The van der Waals surface area contributed by atoms with Gasteiger partial charge in [0.1, 0.15) is 30.0 Å². The molecule has 0 saturated carbocycles. The van der Waals surface area contributed by atoms with Gasteiger partial charge in [0.15, 0.2) is 0 Å². The molecule has 1 unspecified atom stereocenters. The van der Waals surface area contributed by atoms with Gasteiger partial charge >= 0.3 is 0 Å². The highest BCUT2D eigenvalue weighted by atomic mass is 35.5. The number of nitrogens with one attached hydrogen (secondary N) is 2. The number of hydrogen-bond donors (Lipinski definition) is 2. The molecule has 3 aromatic carbocycles. The first-order valence-electron chi connectivity index (χ1n) is 13.3. The summed E-state index contributed by atoms with van der Waals surface area (Å²) in [5.74, 6) is 0.392. The van der Waals surface area contributed by atoms with Crippen molar-refractivity contribution in [3.63, 3.8) is 0 Å². The predicted molar refractivity (Wildman–Crippen MR) is 166 cm³/mol. The standard InChI is InChI=1S/C30H26ClFN4O5S2/c1-2-40-28-14-25-23(13-26(28)36-29(37)12-22-8-9-42-43(22,38)39)30(19(15-33)16-34-25)35-21-6-7-27(24(31)11-21)41-17-18-4-3-5-20(32)10-18/h3-7,10-11,13-14,16,22H,2,8-9,12,17H2,1H3,(H,34,35)(H,36,37). The zero-order chi connectivity index (χ0) is 30.6. The molecular formula is C30H26ClFN4O5S2. The second-order valence-corrected chi connectivity index (χ2v) is 14.4. The number of ether oxygens (including phenoxy) is 2. The Morgan fingerprint density at radius 1 is 1.19 bits per heavy atom. The number of amides is 1. The van der Waals surface area contributed by atoms with E-state index in [2.05, 4.69) is 21.7 Å². The summed E-state index contributed by atoms with van der Waals surface area (Å²) in [4.78, 5) is 17.3. The molecule has 1 aromatic heterocycles. The van der Waals surface area contributed by atoms with E-state index in [-0.39, 0.29) is 24.4 Å². The van der Waals surface area contributed by atoms with Crippen LogP contribution in [-0.2, 0) is 20.3 Å². The Kier molecular flexibility index (Phi) is 9.25. The van der Waals surface area contributed by atoms with E-state index in [9.17, 15) is 22.9 Å². The van der Waals surface area contributed by atoms with Gasteiger partial charge in [-0.05, 0) is 66.1 Å². The van der Waals surface area contributed by atoms with Gasteiger partial charge in [0, 0.05) is 35.5 Å². The van der Waals surface area contributed by atoms with E-state index in [1.54, 1.807) is 49.4 Å². The van der Waals surface area contributed by atoms with Crippen molar-refractivity contribution in [3.8, 4) is 17.6 Å². The Bertz CT molecular complexity index is 1850. The number of nitriles is 1. The third kappa shape index (κ3) is 7.13. The molecule has 0 radical (unpaired) electrons. The molecule has 1 amide bonds. The second-order valence-electron chi connectivity index (χ2n) is 9.62. The molecule has 2 heterocycles. The number of rotatable bonds is 10. The lowest BCUT2D eigenvalue weighted by Crippen LogP contribution is -2.22. The van der Waals surface area contributed by atoms with E-state index in [4.69, 9.17) is 21.1 Å². The van der Waals surface area contributed by atoms with E-state index in [1.807, 2.05) is 0 Å². The van der Waals surface area contributed by atoms with Crippen molar-refractivity contribution in [2.75, 3.05) is 23.0 Å². The van der Waals surface area contributed by atoms with Crippen LogP contribution in [-0.4, -0.2) is 36.9 Å². The minimum Gasteiger partial charge on any atom is -0.492 e. The van der Waals surface area contributed by atoms with E-state index in [1.165, 1.54) is 18.3 Å². The highest BCUT2D eigenvalue weighted by molar-refractivity contribution is 8.72. The fourth-order valence-corrected chi connectivity index (χ4v) is 8.60. The van der Waals surface area contributed by atoms with Crippen molar-refractivity contribution >= 4 is 65.1 Å². The molecule has 13 heteroatoms. The van der Waals surface area contributed by atoms with Crippen LogP contribution < -0.4 is 20.1 Å². The average Bonchev–Trinajstić information content (AvgIpc) is 3.30. The van der Waals surface area contributed by atoms with Gasteiger partial charge in [-0.2, -0.15) is 5.26 Å². The summed E-state index contributed by atoms with van der Waals surface area (Å²) < 4.78 is 49.5. The number of halogens is 2. The van der Waals surface area contributed by atoms with Crippen LogP contribution >= 0.6 is 22.4 Å². The first kappa shape index (κ1) is 30.4. The Balaban J connectivity index is 1.43. The molecule has 2 N–H and O–H groups in total. The smallest absolute Gasteiger partial charge is 0.225 e. The lowest BCUT2D eigenvalue weighted by atomic mass is 10.1. The third-order valence-corrected chi connectivity index (χ3v) is 11.2. The number of carbonyl (C=O) groups excluding carboxylic acids is 1. The number of benzene rings is 3. The first-order chi connectivity index (χ1) is 20.7. The number of pyridine rings is 1.